The molecule has 1 saturated heterocycles. The zero-order valence-corrected chi connectivity index (χ0v) is 9.35. The Morgan fingerprint density at radius 2 is 2.25 bits per heavy atom. The first-order valence-electron chi connectivity index (χ1n) is 4.86. The summed E-state index contributed by atoms with van der Waals surface area (Å²) in [6.45, 7) is 1.81. The third kappa shape index (κ3) is 2.75. The number of rotatable bonds is 3. The van der Waals surface area contributed by atoms with Gasteiger partial charge >= 0.3 is 5.88 Å². The summed E-state index contributed by atoms with van der Waals surface area (Å²) in [5.74, 6) is 2.28. The summed E-state index contributed by atoms with van der Waals surface area (Å²) in [6.07, 6.45) is 1.52. The van der Waals surface area contributed by atoms with E-state index >= 15 is 0 Å². The van der Waals surface area contributed by atoms with Crippen LogP contribution in [0.15, 0.2) is 21.7 Å². The van der Waals surface area contributed by atoms with Gasteiger partial charge in [-0.3, -0.25) is 15.1 Å². The molecule has 0 amide bonds. The lowest BCUT2D eigenvalue weighted by atomic mass is 10.5. The second-order valence-electron chi connectivity index (χ2n) is 3.24. The summed E-state index contributed by atoms with van der Waals surface area (Å²) in [5.41, 5.74) is 0. The molecule has 0 aromatic carbocycles. The van der Waals surface area contributed by atoms with Crippen molar-refractivity contribution < 1.29 is 9.34 Å². The number of hydrogen-bond acceptors (Lipinski definition) is 6. The average molecular weight is 241 g/mol. The Bertz CT molecular complexity index is 398. The van der Waals surface area contributed by atoms with E-state index in [1.807, 2.05) is 16.8 Å². The SMILES string of the molecule is O=[N+]([O-])c1ccc(C=NN2CCSCC2)o1. The predicted molar refractivity (Wildman–Crippen MR) is 61.9 cm³/mol. The molecule has 0 radical (unpaired) electrons. The molecular weight excluding hydrogens is 230 g/mol. The first kappa shape index (κ1) is 11.0. The van der Waals surface area contributed by atoms with Crippen molar-refractivity contribution in [2.45, 2.75) is 0 Å². The molecule has 0 aliphatic carbocycles. The molecular formula is C9H11N3O3S. The van der Waals surface area contributed by atoms with Crippen LogP contribution in [0.5, 0.6) is 0 Å². The summed E-state index contributed by atoms with van der Waals surface area (Å²) in [6, 6.07) is 2.87. The standard InChI is InChI=1S/C9H11N3O3S/c13-12(14)9-2-1-8(15-9)7-10-11-3-5-16-6-4-11/h1-2,7H,3-6H2. The smallest absolute Gasteiger partial charge is 0.400 e. The van der Waals surface area contributed by atoms with Crippen LogP contribution in [0.4, 0.5) is 5.88 Å². The quantitative estimate of drug-likeness (QED) is 0.456. The van der Waals surface area contributed by atoms with Gasteiger partial charge in [0.2, 0.25) is 0 Å². The summed E-state index contributed by atoms with van der Waals surface area (Å²) in [4.78, 5) is 9.81. The maximum atomic E-state index is 10.4. The van der Waals surface area contributed by atoms with Gasteiger partial charge < -0.3 is 4.42 Å². The number of furan rings is 1. The van der Waals surface area contributed by atoms with Gasteiger partial charge in [0.15, 0.2) is 5.76 Å². The molecule has 0 N–H and O–H groups in total. The van der Waals surface area contributed by atoms with Crippen molar-refractivity contribution in [3.8, 4) is 0 Å². The number of nitrogens with zero attached hydrogens (tertiary/aromatic N) is 3. The second-order valence-corrected chi connectivity index (χ2v) is 4.47. The Morgan fingerprint density at radius 3 is 2.88 bits per heavy atom. The molecule has 0 unspecified atom stereocenters. The van der Waals surface area contributed by atoms with Crippen molar-refractivity contribution in [3.63, 3.8) is 0 Å². The highest BCUT2D eigenvalue weighted by Gasteiger charge is 2.11. The van der Waals surface area contributed by atoms with Crippen molar-refractivity contribution in [2.24, 2.45) is 5.10 Å². The van der Waals surface area contributed by atoms with Crippen LogP contribution in [0, 0.1) is 10.1 Å². The van der Waals surface area contributed by atoms with Gasteiger partial charge in [-0.05, 0) is 6.07 Å². The lowest BCUT2D eigenvalue weighted by Crippen LogP contribution is -2.27. The molecule has 0 bridgehead atoms. The fraction of sp³-hybridized carbons (Fsp3) is 0.444. The van der Waals surface area contributed by atoms with E-state index in [4.69, 9.17) is 4.42 Å². The van der Waals surface area contributed by atoms with Gasteiger partial charge in [-0.1, -0.05) is 0 Å². The van der Waals surface area contributed by atoms with Crippen LogP contribution in [0.25, 0.3) is 0 Å². The predicted octanol–water partition coefficient (Wildman–Crippen LogP) is 1.57. The number of nitro groups is 1. The van der Waals surface area contributed by atoms with Gasteiger partial charge in [-0.25, -0.2) is 0 Å². The van der Waals surface area contributed by atoms with Crippen molar-refractivity contribution in [3.05, 3.63) is 28.0 Å². The van der Waals surface area contributed by atoms with Crippen LogP contribution in [-0.4, -0.2) is 40.7 Å². The number of thioether (sulfide) groups is 1. The van der Waals surface area contributed by atoms with E-state index in [9.17, 15) is 10.1 Å². The van der Waals surface area contributed by atoms with Crippen molar-refractivity contribution >= 4 is 23.9 Å². The Labute approximate surface area is 96.4 Å². The normalized spacial score (nSPS) is 16.9. The topological polar surface area (TPSA) is 71.9 Å². The highest BCUT2D eigenvalue weighted by molar-refractivity contribution is 7.99. The molecule has 0 saturated carbocycles. The van der Waals surface area contributed by atoms with Crippen molar-refractivity contribution in [2.75, 3.05) is 24.6 Å². The van der Waals surface area contributed by atoms with E-state index in [2.05, 4.69) is 5.10 Å². The van der Waals surface area contributed by atoms with E-state index in [1.54, 1.807) is 6.07 Å². The maximum absolute atomic E-state index is 10.4. The van der Waals surface area contributed by atoms with Crippen LogP contribution in [0.3, 0.4) is 0 Å². The lowest BCUT2D eigenvalue weighted by molar-refractivity contribution is -0.402. The summed E-state index contributed by atoms with van der Waals surface area (Å²) >= 11 is 1.90. The van der Waals surface area contributed by atoms with Crippen molar-refractivity contribution in [1.29, 1.82) is 0 Å². The highest BCUT2D eigenvalue weighted by Crippen LogP contribution is 2.14. The van der Waals surface area contributed by atoms with Crippen LogP contribution < -0.4 is 0 Å². The summed E-state index contributed by atoms with van der Waals surface area (Å²) in [7, 11) is 0. The fourth-order valence-corrected chi connectivity index (χ4v) is 2.20. The lowest BCUT2D eigenvalue weighted by Gasteiger charge is -2.22. The van der Waals surface area contributed by atoms with Crippen LogP contribution in [-0.2, 0) is 0 Å². The summed E-state index contributed by atoms with van der Waals surface area (Å²) in [5, 5.41) is 16.5. The molecule has 1 aliphatic rings. The van der Waals surface area contributed by atoms with Gasteiger partial charge in [-0.15, -0.1) is 0 Å². The van der Waals surface area contributed by atoms with E-state index in [1.165, 1.54) is 12.3 Å². The molecule has 0 atom stereocenters. The molecule has 86 valence electrons. The first-order chi connectivity index (χ1) is 7.75. The largest absolute Gasteiger partial charge is 0.433 e. The fourth-order valence-electron chi connectivity index (χ4n) is 1.32. The van der Waals surface area contributed by atoms with E-state index < -0.39 is 4.92 Å². The van der Waals surface area contributed by atoms with Gasteiger partial charge in [0.1, 0.15) is 4.92 Å². The summed E-state index contributed by atoms with van der Waals surface area (Å²) < 4.78 is 4.96. The minimum Gasteiger partial charge on any atom is -0.400 e. The molecule has 16 heavy (non-hydrogen) atoms. The van der Waals surface area contributed by atoms with Crippen molar-refractivity contribution in [1.82, 2.24) is 5.01 Å². The molecule has 7 heteroatoms. The molecule has 2 heterocycles. The van der Waals surface area contributed by atoms with Crippen LogP contribution in [0.1, 0.15) is 5.76 Å². The molecule has 6 nitrogen and oxygen atoms in total. The molecule has 1 fully saturated rings. The van der Waals surface area contributed by atoms with Gasteiger partial charge in [0, 0.05) is 24.6 Å². The second kappa shape index (κ2) is 5.02. The number of hydrogen-bond donors (Lipinski definition) is 0. The minimum atomic E-state index is -0.561. The van der Waals surface area contributed by atoms with Crippen LogP contribution in [0.2, 0.25) is 0 Å². The average Bonchev–Trinajstić information content (AvgIpc) is 2.76. The van der Waals surface area contributed by atoms with E-state index in [-0.39, 0.29) is 5.88 Å². The highest BCUT2D eigenvalue weighted by atomic mass is 32.2. The number of hydrazone groups is 1. The molecule has 1 aliphatic heterocycles. The molecule has 0 spiro atoms. The first-order valence-corrected chi connectivity index (χ1v) is 6.02. The van der Waals surface area contributed by atoms with Gasteiger partial charge in [0.05, 0.1) is 12.3 Å². The van der Waals surface area contributed by atoms with E-state index in [0.29, 0.717) is 5.76 Å². The maximum Gasteiger partial charge on any atom is 0.433 e. The third-order valence-electron chi connectivity index (χ3n) is 2.13. The van der Waals surface area contributed by atoms with E-state index in [0.717, 1.165) is 24.6 Å². The Kier molecular flexibility index (Phi) is 3.45. The zero-order chi connectivity index (χ0) is 11.4. The molecule has 2 rings (SSSR count). The zero-order valence-electron chi connectivity index (χ0n) is 8.54. The van der Waals surface area contributed by atoms with Gasteiger partial charge in [-0.2, -0.15) is 16.9 Å². The Morgan fingerprint density at radius 1 is 1.50 bits per heavy atom. The Balaban J connectivity index is 1.96. The molecule has 1 aromatic heterocycles. The van der Waals surface area contributed by atoms with Crippen LogP contribution >= 0.6 is 11.8 Å². The molecule has 1 aromatic rings. The monoisotopic (exact) mass is 241 g/mol. The van der Waals surface area contributed by atoms with Gasteiger partial charge in [0.25, 0.3) is 0 Å². The third-order valence-corrected chi connectivity index (χ3v) is 3.07. The minimum absolute atomic E-state index is 0.254. The Hall–Kier alpha value is -1.50.